The molecule has 0 aromatic carbocycles. The predicted octanol–water partition coefficient (Wildman–Crippen LogP) is -1.38. The van der Waals surface area contributed by atoms with Crippen molar-refractivity contribution in [1.29, 1.82) is 0 Å². The fraction of sp³-hybridized carbons (Fsp3) is 0.800. The quantitative estimate of drug-likeness (QED) is 0.469. The van der Waals surface area contributed by atoms with E-state index in [-0.39, 0.29) is 19.0 Å². The first-order valence-corrected chi connectivity index (χ1v) is 5.11. The third-order valence-corrected chi connectivity index (χ3v) is 1.84. The molecule has 6 nitrogen and oxygen atoms in total. The van der Waals surface area contributed by atoms with Crippen LogP contribution in [-0.2, 0) is 9.59 Å². The third-order valence-electron chi connectivity index (χ3n) is 1.84. The van der Waals surface area contributed by atoms with Gasteiger partial charge in [0.25, 0.3) is 0 Å². The van der Waals surface area contributed by atoms with Gasteiger partial charge in [-0.2, -0.15) is 0 Å². The average Bonchev–Trinajstić information content (AvgIpc) is 2.20. The van der Waals surface area contributed by atoms with Gasteiger partial charge in [-0.15, -0.1) is 0 Å². The van der Waals surface area contributed by atoms with Crippen molar-refractivity contribution in [1.82, 2.24) is 10.6 Å². The molecule has 0 rings (SSSR count). The highest BCUT2D eigenvalue weighted by atomic mass is 16.3. The Labute approximate surface area is 95.0 Å². The standard InChI is InChI=1S/C10H20N2O4/c1-10(2,3)9(16)12-5-8(15)11-4-7(14)6-13/h7,13-14H,4-6H2,1-3H3,(H,11,15)(H,12,16). The average molecular weight is 232 g/mol. The lowest BCUT2D eigenvalue weighted by atomic mass is 9.96. The molecule has 1 atom stereocenters. The SMILES string of the molecule is CC(C)(C)C(=O)NCC(=O)NCC(O)CO. The summed E-state index contributed by atoms with van der Waals surface area (Å²) in [5.74, 6) is -0.615. The van der Waals surface area contributed by atoms with Crippen molar-refractivity contribution in [2.75, 3.05) is 19.7 Å². The van der Waals surface area contributed by atoms with Gasteiger partial charge < -0.3 is 20.8 Å². The maximum absolute atomic E-state index is 11.4. The van der Waals surface area contributed by atoms with Gasteiger partial charge >= 0.3 is 0 Å². The molecule has 94 valence electrons. The second-order valence-corrected chi connectivity index (χ2v) is 4.57. The molecule has 1 unspecified atom stereocenters. The summed E-state index contributed by atoms with van der Waals surface area (Å²) in [5, 5.41) is 22.3. The number of nitrogens with one attached hydrogen (secondary N) is 2. The van der Waals surface area contributed by atoms with Gasteiger partial charge in [-0.05, 0) is 0 Å². The van der Waals surface area contributed by atoms with Crippen LogP contribution < -0.4 is 10.6 Å². The van der Waals surface area contributed by atoms with Gasteiger partial charge in [0.15, 0.2) is 0 Å². The first kappa shape index (κ1) is 14.9. The largest absolute Gasteiger partial charge is 0.394 e. The highest BCUT2D eigenvalue weighted by Gasteiger charge is 2.21. The van der Waals surface area contributed by atoms with E-state index >= 15 is 0 Å². The van der Waals surface area contributed by atoms with Crippen LogP contribution in [0.4, 0.5) is 0 Å². The van der Waals surface area contributed by atoms with E-state index in [4.69, 9.17) is 10.2 Å². The Morgan fingerprint density at radius 3 is 2.25 bits per heavy atom. The zero-order valence-electron chi connectivity index (χ0n) is 9.91. The van der Waals surface area contributed by atoms with Crippen molar-refractivity contribution in [3.63, 3.8) is 0 Å². The molecule has 6 heteroatoms. The molecule has 0 aromatic heterocycles. The molecule has 16 heavy (non-hydrogen) atoms. The van der Waals surface area contributed by atoms with E-state index in [1.807, 2.05) is 0 Å². The molecule has 0 aliphatic heterocycles. The molecule has 2 amide bonds. The number of rotatable bonds is 5. The summed E-state index contributed by atoms with van der Waals surface area (Å²) in [6, 6.07) is 0. The first-order valence-electron chi connectivity index (χ1n) is 5.11. The lowest BCUT2D eigenvalue weighted by Crippen LogP contribution is -2.43. The van der Waals surface area contributed by atoms with Crippen molar-refractivity contribution in [3.8, 4) is 0 Å². The minimum atomic E-state index is -0.970. The van der Waals surface area contributed by atoms with E-state index in [1.165, 1.54) is 0 Å². The first-order chi connectivity index (χ1) is 7.27. The van der Waals surface area contributed by atoms with Gasteiger partial charge in [0.2, 0.25) is 11.8 Å². The van der Waals surface area contributed by atoms with Crippen molar-refractivity contribution < 1.29 is 19.8 Å². The van der Waals surface area contributed by atoms with Gasteiger partial charge in [-0.25, -0.2) is 0 Å². The van der Waals surface area contributed by atoms with Gasteiger partial charge in [0.05, 0.1) is 19.3 Å². The molecule has 0 spiro atoms. The lowest BCUT2D eigenvalue weighted by molar-refractivity contribution is -0.131. The van der Waals surface area contributed by atoms with Gasteiger partial charge in [-0.1, -0.05) is 20.8 Å². The maximum atomic E-state index is 11.4. The Balaban J connectivity index is 3.78. The van der Waals surface area contributed by atoms with Gasteiger partial charge in [0.1, 0.15) is 0 Å². The molecule has 0 bridgehead atoms. The fourth-order valence-corrected chi connectivity index (χ4v) is 0.784. The van der Waals surface area contributed by atoms with Crippen LogP contribution in [0.3, 0.4) is 0 Å². The van der Waals surface area contributed by atoms with E-state index in [2.05, 4.69) is 10.6 Å². The number of hydrogen-bond acceptors (Lipinski definition) is 4. The molecule has 0 aromatic rings. The van der Waals surface area contributed by atoms with E-state index in [0.717, 1.165) is 0 Å². The zero-order chi connectivity index (χ0) is 12.8. The smallest absolute Gasteiger partial charge is 0.239 e. The number of aliphatic hydroxyl groups excluding tert-OH is 2. The Morgan fingerprint density at radius 1 is 1.25 bits per heavy atom. The third kappa shape index (κ3) is 6.36. The summed E-state index contributed by atoms with van der Waals surface area (Å²) >= 11 is 0. The van der Waals surface area contributed by atoms with Crippen molar-refractivity contribution >= 4 is 11.8 Å². The predicted molar refractivity (Wildman–Crippen MR) is 58.6 cm³/mol. The van der Waals surface area contributed by atoms with Crippen LogP contribution in [0.15, 0.2) is 0 Å². The topological polar surface area (TPSA) is 98.7 Å². The van der Waals surface area contributed by atoms with Crippen LogP contribution in [0.2, 0.25) is 0 Å². The Bertz CT molecular complexity index is 248. The highest BCUT2D eigenvalue weighted by Crippen LogP contribution is 2.11. The summed E-state index contributed by atoms with van der Waals surface area (Å²) in [6.45, 7) is 4.67. The van der Waals surface area contributed by atoms with E-state index in [9.17, 15) is 9.59 Å². The molecular weight excluding hydrogens is 212 g/mol. The van der Waals surface area contributed by atoms with Crippen molar-refractivity contribution in [3.05, 3.63) is 0 Å². The van der Waals surface area contributed by atoms with Crippen LogP contribution in [0, 0.1) is 5.41 Å². The van der Waals surface area contributed by atoms with E-state index in [0.29, 0.717) is 0 Å². The summed E-state index contributed by atoms with van der Waals surface area (Å²) in [4.78, 5) is 22.6. The minimum Gasteiger partial charge on any atom is -0.394 e. The van der Waals surface area contributed by atoms with Crippen LogP contribution in [0.5, 0.6) is 0 Å². The lowest BCUT2D eigenvalue weighted by Gasteiger charge is -2.17. The molecule has 0 saturated heterocycles. The molecule has 4 N–H and O–H groups in total. The zero-order valence-corrected chi connectivity index (χ0v) is 9.91. The summed E-state index contributed by atoms with van der Waals surface area (Å²) in [7, 11) is 0. The van der Waals surface area contributed by atoms with Crippen LogP contribution in [0.25, 0.3) is 0 Å². The van der Waals surface area contributed by atoms with Crippen LogP contribution >= 0.6 is 0 Å². The van der Waals surface area contributed by atoms with Gasteiger partial charge in [0, 0.05) is 12.0 Å². The fourth-order valence-electron chi connectivity index (χ4n) is 0.784. The summed E-state index contributed by atoms with van der Waals surface area (Å²) < 4.78 is 0. The normalized spacial score (nSPS) is 13.1. The number of carbonyl (C=O) groups is 2. The van der Waals surface area contributed by atoms with Crippen LogP contribution in [0.1, 0.15) is 20.8 Å². The van der Waals surface area contributed by atoms with Crippen molar-refractivity contribution in [2.24, 2.45) is 5.41 Å². The molecule has 0 heterocycles. The van der Waals surface area contributed by atoms with E-state index < -0.39 is 24.0 Å². The number of hydrogen-bond donors (Lipinski definition) is 4. The molecule has 0 aliphatic rings. The number of amides is 2. The molecule has 0 fully saturated rings. The number of aliphatic hydroxyl groups is 2. The summed E-state index contributed by atoms with van der Waals surface area (Å²) in [6.07, 6.45) is -0.970. The maximum Gasteiger partial charge on any atom is 0.239 e. The molecule has 0 saturated carbocycles. The second kappa shape index (κ2) is 6.44. The second-order valence-electron chi connectivity index (χ2n) is 4.57. The summed E-state index contributed by atoms with van der Waals surface area (Å²) in [5.41, 5.74) is -0.537. The Kier molecular flexibility index (Phi) is 5.98. The highest BCUT2D eigenvalue weighted by molar-refractivity contribution is 5.87. The number of carbonyl (C=O) groups excluding carboxylic acids is 2. The molecule has 0 aliphatic carbocycles. The van der Waals surface area contributed by atoms with E-state index in [1.54, 1.807) is 20.8 Å². The van der Waals surface area contributed by atoms with Crippen LogP contribution in [-0.4, -0.2) is 47.8 Å². The Morgan fingerprint density at radius 2 is 1.81 bits per heavy atom. The monoisotopic (exact) mass is 232 g/mol. The molecular formula is C10H20N2O4. The Hall–Kier alpha value is -1.14. The van der Waals surface area contributed by atoms with Gasteiger partial charge in [-0.3, -0.25) is 9.59 Å². The minimum absolute atomic E-state index is 0.0271. The van der Waals surface area contributed by atoms with Crippen molar-refractivity contribution in [2.45, 2.75) is 26.9 Å². The molecule has 0 radical (unpaired) electrons.